The van der Waals surface area contributed by atoms with E-state index < -0.39 is 0 Å². The van der Waals surface area contributed by atoms with Crippen molar-refractivity contribution >= 4 is 40.7 Å². The highest BCUT2D eigenvalue weighted by Crippen LogP contribution is 2.30. The zero-order valence-corrected chi connectivity index (χ0v) is 15.0. The number of nitrogens with zero attached hydrogens (tertiary/aromatic N) is 2. The van der Waals surface area contributed by atoms with Crippen LogP contribution in [0.15, 0.2) is 30.3 Å². The highest BCUT2D eigenvalue weighted by atomic mass is 35.5. The Bertz CT molecular complexity index is 711. The van der Waals surface area contributed by atoms with Crippen molar-refractivity contribution in [3.05, 3.63) is 30.3 Å². The van der Waals surface area contributed by atoms with Crippen molar-refractivity contribution in [2.45, 2.75) is 31.7 Å². The smallest absolute Gasteiger partial charge is 0.220 e. The minimum atomic E-state index is -0.165. The van der Waals surface area contributed by atoms with E-state index in [4.69, 9.17) is 10.7 Å². The molecule has 1 aromatic carbocycles. The molecule has 3 N–H and O–H groups in total. The highest BCUT2D eigenvalue weighted by Gasteiger charge is 2.24. The summed E-state index contributed by atoms with van der Waals surface area (Å²) in [6.45, 7) is 0. The third kappa shape index (κ3) is 3.90. The molecule has 0 bridgehead atoms. The highest BCUT2D eigenvalue weighted by molar-refractivity contribution is 5.93. The van der Waals surface area contributed by atoms with Crippen LogP contribution in [0.4, 0.5) is 11.5 Å². The van der Waals surface area contributed by atoms with Gasteiger partial charge >= 0.3 is 0 Å². The molecule has 0 atom stereocenters. The quantitative estimate of drug-likeness (QED) is 0.890. The van der Waals surface area contributed by atoms with E-state index in [1.807, 2.05) is 32.3 Å². The van der Waals surface area contributed by atoms with E-state index in [-0.39, 0.29) is 24.2 Å². The van der Waals surface area contributed by atoms with Crippen LogP contribution in [0.2, 0.25) is 0 Å². The molecule has 3 rings (SSSR count). The molecule has 1 saturated carbocycles. The first-order valence-electron chi connectivity index (χ1n) is 8.17. The summed E-state index contributed by atoms with van der Waals surface area (Å²) in [4.78, 5) is 18.1. The molecule has 0 spiro atoms. The summed E-state index contributed by atoms with van der Waals surface area (Å²) in [5.74, 6) is 0.770. The molecule has 130 valence electrons. The first kappa shape index (κ1) is 18.3. The van der Waals surface area contributed by atoms with Gasteiger partial charge in [0.25, 0.3) is 0 Å². The molecule has 1 aliphatic rings. The van der Waals surface area contributed by atoms with E-state index in [2.05, 4.69) is 22.3 Å². The van der Waals surface area contributed by atoms with Crippen molar-refractivity contribution in [2.75, 3.05) is 24.3 Å². The lowest BCUT2D eigenvalue weighted by molar-refractivity contribution is -0.122. The minimum Gasteiger partial charge on any atom is -0.377 e. The fourth-order valence-electron chi connectivity index (χ4n) is 3.33. The number of nitrogens with one attached hydrogen (secondary N) is 1. The molecular formula is C18H25ClN4O. The maximum absolute atomic E-state index is 11.3. The number of halogens is 1. The third-order valence-electron chi connectivity index (χ3n) is 4.66. The number of pyridine rings is 1. The van der Waals surface area contributed by atoms with Crippen LogP contribution in [0.3, 0.4) is 0 Å². The number of carbonyl (C=O) groups is 1. The summed E-state index contributed by atoms with van der Waals surface area (Å²) in [5.41, 5.74) is 7.55. The maximum atomic E-state index is 11.3. The molecule has 0 saturated heterocycles. The van der Waals surface area contributed by atoms with E-state index in [1.54, 1.807) is 0 Å². The van der Waals surface area contributed by atoms with Gasteiger partial charge in [0.2, 0.25) is 5.91 Å². The number of benzene rings is 1. The second kappa shape index (κ2) is 7.71. The molecule has 6 heteroatoms. The van der Waals surface area contributed by atoms with E-state index in [0.717, 1.165) is 48.1 Å². The lowest BCUT2D eigenvalue weighted by Crippen LogP contribution is -2.32. The molecule has 1 aromatic heterocycles. The Kier molecular flexibility index (Phi) is 5.89. The third-order valence-corrected chi connectivity index (χ3v) is 4.66. The zero-order valence-electron chi connectivity index (χ0n) is 14.2. The number of aromatic nitrogens is 1. The first-order chi connectivity index (χ1) is 11.0. The standard InChI is InChI=1S/C18H24N4O.ClH/c1-22(2)16-11-17(21-15-6-4-3-5-14(15)16)20-13-9-7-12(8-10-13)18(19)23;/h3-6,11-13H,7-10H2,1-2H3,(H2,19,23)(H,20,21);1H. The number of anilines is 2. The lowest BCUT2D eigenvalue weighted by atomic mass is 9.85. The first-order valence-corrected chi connectivity index (χ1v) is 8.17. The Balaban J connectivity index is 0.00000208. The predicted molar refractivity (Wildman–Crippen MR) is 102 cm³/mol. The molecule has 1 aliphatic carbocycles. The molecule has 0 unspecified atom stereocenters. The van der Waals surface area contributed by atoms with Crippen LogP contribution in [0.5, 0.6) is 0 Å². The van der Waals surface area contributed by atoms with Gasteiger partial charge in [-0.15, -0.1) is 12.4 Å². The van der Waals surface area contributed by atoms with Gasteiger partial charge in [0.15, 0.2) is 0 Å². The van der Waals surface area contributed by atoms with Gasteiger partial charge in [0.05, 0.1) is 5.52 Å². The number of fused-ring (bicyclic) bond motifs is 1. The van der Waals surface area contributed by atoms with E-state index >= 15 is 0 Å². The van der Waals surface area contributed by atoms with Crippen LogP contribution >= 0.6 is 12.4 Å². The van der Waals surface area contributed by atoms with Crippen LogP contribution < -0.4 is 16.0 Å². The molecule has 5 nitrogen and oxygen atoms in total. The van der Waals surface area contributed by atoms with Crippen molar-refractivity contribution in [3.8, 4) is 0 Å². The van der Waals surface area contributed by atoms with Crippen molar-refractivity contribution in [1.29, 1.82) is 0 Å². The van der Waals surface area contributed by atoms with Gasteiger partial charge in [-0.2, -0.15) is 0 Å². The van der Waals surface area contributed by atoms with Crippen LogP contribution in [-0.2, 0) is 4.79 Å². The van der Waals surface area contributed by atoms with Gasteiger partial charge in [-0.3, -0.25) is 4.79 Å². The SMILES string of the molecule is CN(C)c1cc(NC2CCC(C(N)=O)CC2)nc2ccccc12.Cl. The van der Waals surface area contributed by atoms with Crippen LogP contribution in [-0.4, -0.2) is 31.0 Å². The number of carbonyl (C=O) groups excluding carboxylic acids is 1. The van der Waals surface area contributed by atoms with Gasteiger partial charge in [-0.05, 0) is 31.7 Å². The second-order valence-corrected chi connectivity index (χ2v) is 6.53. The van der Waals surface area contributed by atoms with E-state index in [1.165, 1.54) is 0 Å². The van der Waals surface area contributed by atoms with Gasteiger partial charge in [0.1, 0.15) is 5.82 Å². The summed E-state index contributed by atoms with van der Waals surface area (Å²) in [5, 5.41) is 4.69. The van der Waals surface area contributed by atoms with Crippen molar-refractivity contribution < 1.29 is 4.79 Å². The maximum Gasteiger partial charge on any atom is 0.220 e. The number of para-hydroxylation sites is 1. The largest absolute Gasteiger partial charge is 0.377 e. The number of hydrogen-bond acceptors (Lipinski definition) is 4. The monoisotopic (exact) mass is 348 g/mol. The van der Waals surface area contributed by atoms with Gasteiger partial charge < -0.3 is 16.0 Å². The van der Waals surface area contributed by atoms with Crippen LogP contribution in [0.1, 0.15) is 25.7 Å². The average molecular weight is 349 g/mol. The number of nitrogens with two attached hydrogens (primary N) is 1. The van der Waals surface area contributed by atoms with Crippen LogP contribution in [0, 0.1) is 5.92 Å². The Hall–Kier alpha value is -2.01. The second-order valence-electron chi connectivity index (χ2n) is 6.53. The summed E-state index contributed by atoms with van der Waals surface area (Å²) in [6, 6.07) is 10.6. The van der Waals surface area contributed by atoms with Crippen molar-refractivity contribution in [2.24, 2.45) is 11.7 Å². The van der Waals surface area contributed by atoms with Gasteiger partial charge in [-0.1, -0.05) is 18.2 Å². The van der Waals surface area contributed by atoms with Crippen LogP contribution in [0.25, 0.3) is 10.9 Å². The normalized spacial score (nSPS) is 20.2. The number of hydrogen-bond donors (Lipinski definition) is 2. The number of amides is 1. The molecule has 24 heavy (non-hydrogen) atoms. The van der Waals surface area contributed by atoms with Gasteiger partial charge in [0, 0.05) is 43.2 Å². The number of primary amides is 1. The topological polar surface area (TPSA) is 71.2 Å². The molecular weight excluding hydrogens is 324 g/mol. The Morgan fingerprint density at radius 1 is 1.21 bits per heavy atom. The molecule has 1 heterocycles. The minimum absolute atomic E-state index is 0. The predicted octanol–water partition coefficient (Wildman–Crippen LogP) is 3.18. The molecule has 0 aliphatic heterocycles. The van der Waals surface area contributed by atoms with E-state index in [0.29, 0.717) is 6.04 Å². The molecule has 0 radical (unpaired) electrons. The number of rotatable bonds is 4. The Labute approximate surface area is 149 Å². The van der Waals surface area contributed by atoms with E-state index in [9.17, 15) is 4.79 Å². The summed E-state index contributed by atoms with van der Waals surface area (Å²) >= 11 is 0. The zero-order chi connectivity index (χ0) is 16.4. The van der Waals surface area contributed by atoms with Crippen molar-refractivity contribution in [3.63, 3.8) is 0 Å². The Morgan fingerprint density at radius 2 is 1.88 bits per heavy atom. The summed E-state index contributed by atoms with van der Waals surface area (Å²) in [6.07, 6.45) is 3.64. The average Bonchev–Trinajstić information content (AvgIpc) is 2.54. The fourth-order valence-corrected chi connectivity index (χ4v) is 3.33. The fraction of sp³-hybridized carbons (Fsp3) is 0.444. The molecule has 1 amide bonds. The summed E-state index contributed by atoms with van der Waals surface area (Å²) in [7, 11) is 4.09. The van der Waals surface area contributed by atoms with Gasteiger partial charge in [-0.25, -0.2) is 4.98 Å². The molecule has 1 fully saturated rings. The Morgan fingerprint density at radius 3 is 2.50 bits per heavy atom. The summed E-state index contributed by atoms with van der Waals surface area (Å²) < 4.78 is 0. The molecule has 2 aromatic rings. The lowest BCUT2D eigenvalue weighted by Gasteiger charge is -2.28. The van der Waals surface area contributed by atoms with Crippen molar-refractivity contribution in [1.82, 2.24) is 4.98 Å².